The molecule has 1 saturated heterocycles. The molecule has 1 aromatic carbocycles. The highest BCUT2D eigenvalue weighted by Crippen LogP contribution is 2.35. The van der Waals surface area contributed by atoms with Crippen molar-refractivity contribution in [2.75, 3.05) is 23.7 Å². The summed E-state index contributed by atoms with van der Waals surface area (Å²) in [5.41, 5.74) is 9.15. The summed E-state index contributed by atoms with van der Waals surface area (Å²) in [6.07, 6.45) is 3.52. The highest BCUT2D eigenvalue weighted by Gasteiger charge is 2.22. The van der Waals surface area contributed by atoms with Crippen molar-refractivity contribution < 1.29 is 0 Å². The topological polar surface area (TPSA) is 76.8 Å². The quantitative estimate of drug-likeness (QED) is 0.836. The Kier molecular flexibility index (Phi) is 4.15. The molecule has 20 heavy (non-hydrogen) atoms. The first kappa shape index (κ1) is 14.2. The van der Waals surface area contributed by atoms with Gasteiger partial charge in [-0.3, -0.25) is 0 Å². The Morgan fingerprint density at radius 1 is 1.10 bits per heavy atom. The lowest BCUT2D eigenvalue weighted by molar-refractivity contribution is 0.577. The van der Waals surface area contributed by atoms with Gasteiger partial charge in [0.05, 0.1) is 22.5 Å². The van der Waals surface area contributed by atoms with E-state index in [9.17, 15) is 10.5 Å². The van der Waals surface area contributed by atoms with Gasteiger partial charge in [-0.1, -0.05) is 13.8 Å². The predicted molar refractivity (Wildman–Crippen MR) is 80.4 cm³/mol. The molecule has 0 aromatic heterocycles. The molecule has 1 aliphatic rings. The van der Waals surface area contributed by atoms with Crippen molar-refractivity contribution in [1.29, 1.82) is 10.5 Å². The molecule has 1 heterocycles. The van der Waals surface area contributed by atoms with Gasteiger partial charge in [-0.25, -0.2) is 0 Å². The molecule has 1 aromatic rings. The highest BCUT2D eigenvalue weighted by molar-refractivity contribution is 5.78. The van der Waals surface area contributed by atoms with Crippen molar-refractivity contribution in [3.8, 4) is 12.1 Å². The molecule has 0 unspecified atom stereocenters. The maximum atomic E-state index is 9.41. The van der Waals surface area contributed by atoms with Gasteiger partial charge in [0.2, 0.25) is 0 Å². The molecule has 0 amide bonds. The minimum absolute atomic E-state index is 0.211. The van der Waals surface area contributed by atoms with E-state index in [-0.39, 0.29) is 5.92 Å². The summed E-state index contributed by atoms with van der Waals surface area (Å²) in [6, 6.07) is 6.33. The van der Waals surface area contributed by atoms with Crippen molar-refractivity contribution in [1.82, 2.24) is 0 Å². The normalized spacial score (nSPS) is 14.9. The van der Waals surface area contributed by atoms with Crippen LogP contribution in [0.15, 0.2) is 6.07 Å². The summed E-state index contributed by atoms with van der Waals surface area (Å²) in [5, 5.41) is 18.7. The van der Waals surface area contributed by atoms with Crippen LogP contribution in [0.2, 0.25) is 0 Å². The van der Waals surface area contributed by atoms with E-state index in [0.29, 0.717) is 16.8 Å². The van der Waals surface area contributed by atoms with Crippen LogP contribution in [0.3, 0.4) is 0 Å². The Labute approximate surface area is 120 Å². The molecule has 1 fully saturated rings. The van der Waals surface area contributed by atoms with Crippen LogP contribution in [0.1, 0.15) is 55.7 Å². The summed E-state index contributed by atoms with van der Waals surface area (Å²) in [5.74, 6) is 0.211. The fourth-order valence-corrected chi connectivity index (χ4v) is 2.79. The average molecular weight is 268 g/mol. The zero-order valence-electron chi connectivity index (χ0n) is 12.1. The minimum Gasteiger partial charge on any atom is -0.397 e. The number of nitriles is 2. The van der Waals surface area contributed by atoms with Crippen LogP contribution in [0, 0.1) is 22.7 Å². The van der Waals surface area contributed by atoms with Gasteiger partial charge >= 0.3 is 0 Å². The Bertz CT molecular complexity index is 584. The number of nitrogens with two attached hydrogens (primary N) is 1. The number of hydrogen-bond acceptors (Lipinski definition) is 4. The van der Waals surface area contributed by atoms with Crippen LogP contribution in [0.5, 0.6) is 0 Å². The molecular weight excluding hydrogens is 248 g/mol. The molecule has 0 radical (unpaired) electrons. The molecule has 1 aliphatic heterocycles. The summed E-state index contributed by atoms with van der Waals surface area (Å²) in [7, 11) is 0. The monoisotopic (exact) mass is 268 g/mol. The molecule has 104 valence electrons. The standard InChI is InChI=1S/C16H20N4/c1-11(2)12-8-15(20-6-4-3-5-7-20)14(10-18)16(19)13(12)9-17/h8,11H,3-7,19H2,1-2H3. The van der Waals surface area contributed by atoms with Gasteiger partial charge in [-0.05, 0) is 36.8 Å². The maximum absolute atomic E-state index is 9.41. The first-order valence-electron chi connectivity index (χ1n) is 7.11. The Morgan fingerprint density at radius 2 is 1.70 bits per heavy atom. The van der Waals surface area contributed by atoms with Crippen molar-refractivity contribution in [2.24, 2.45) is 0 Å². The molecule has 0 atom stereocenters. The summed E-state index contributed by atoms with van der Waals surface area (Å²) < 4.78 is 0. The average Bonchev–Trinajstić information content (AvgIpc) is 2.46. The second kappa shape index (κ2) is 5.84. The molecule has 2 rings (SSSR count). The summed E-state index contributed by atoms with van der Waals surface area (Å²) >= 11 is 0. The van der Waals surface area contributed by atoms with Crippen LogP contribution in [0.4, 0.5) is 11.4 Å². The smallest absolute Gasteiger partial charge is 0.104 e. The van der Waals surface area contributed by atoms with Crippen molar-refractivity contribution >= 4 is 11.4 Å². The molecular formula is C16H20N4. The van der Waals surface area contributed by atoms with Crippen molar-refractivity contribution in [3.63, 3.8) is 0 Å². The zero-order chi connectivity index (χ0) is 14.7. The van der Waals surface area contributed by atoms with Crippen LogP contribution >= 0.6 is 0 Å². The minimum atomic E-state index is 0.211. The lowest BCUT2D eigenvalue weighted by Crippen LogP contribution is -2.30. The molecule has 0 saturated carbocycles. The zero-order valence-corrected chi connectivity index (χ0v) is 12.1. The van der Waals surface area contributed by atoms with E-state index in [4.69, 9.17) is 5.73 Å². The number of nitrogens with zero attached hydrogens (tertiary/aromatic N) is 3. The SMILES string of the molecule is CC(C)c1cc(N2CCCCC2)c(C#N)c(N)c1C#N. The van der Waals surface area contributed by atoms with E-state index in [1.807, 2.05) is 19.9 Å². The second-order valence-corrected chi connectivity index (χ2v) is 5.57. The number of hydrogen-bond donors (Lipinski definition) is 1. The van der Waals surface area contributed by atoms with Gasteiger partial charge in [-0.2, -0.15) is 10.5 Å². The first-order chi connectivity index (χ1) is 9.60. The fourth-order valence-electron chi connectivity index (χ4n) is 2.79. The van der Waals surface area contributed by atoms with Gasteiger partial charge in [0, 0.05) is 13.1 Å². The molecule has 0 aliphatic carbocycles. The van der Waals surface area contributed by atoms with E-state index in [1.165, 1.54) is 6.42 Å². The molecule has 4 heteroatoms. The van der Waals surface area contributed by atoms with E-state index in [0.717, 1.165) is 37.2 Å². The van der Waals surface area contributed by atoms with Crippen LogP contribution in [-0.4, -0.2) is 13.1 Å². The number of piperidine rings is 1. The van der Waals surface area contributed by atoms with E-state index in [2.05, 4.69) is 17.0 Å². The predicted octanol–water partition coefficient (Wildman–Crippen LogP) is 3.13. The fraction of sp³-hybridized carbons (Fsp3) is 0.500. The molecule has 2 N–H and O–H groups in total. The third-order valence-electron chi connectivity index (χ3n) is 3.92. The third-order valence-corrected chi connectivity index (χ3v) is 3.92. The third kappa shape index (κ3) is 2.42. The lowest BCUT2D eigenvalue weighted by Gasteiger charge is -2.31. The van der Waals surface area contributed by atoms with Crippen LogP contribution < -0.4 is 10.6 Å². The Hall–Kier alpha value is -2.20. The van der Waals surface area contributed by atoms with Gasteiger partial charge < -0.3 is 10.6 Å². The van der Waals surface area contributed by atoms with Crippen molar-refractivity contribution in [2.45, 2.75) is 39.0 Å². The molecule has 0 bridgehead atoms. The highest BCUT2D eigenvalue weighted by atomic mass is 15.1. The molecule has 0 spiro atoms. The lowest BCUT2D eigenvalue weighted by atomic mass is 9.92. The van der Waals surface area contributed by atoms with E-state index < -0.39 is 0 Å². The molecule has 4 nitrogen and oxygen atoms in total. The summed E-state index contributed by atoms with van der Waals surface area (Å²) in [6.45, 7) is 6.00. The van der Waals surface area contributed by atoms with E-state index in [1.54, 1.807) is 0 Å². The van der Waals surface area contributed by atoms with Crippen LogP contribution in [0.25, 0.3) is 0 Å². The van der Waals surface area contributed by atoms with E-state index >= 15 is 0 Å². The Morgan fingerprint density at radius 3 is 2.20 bits per heavy atom. The van der Waals surface area contributed by atoms with Gasteiger partial charge in [-0.15, -0.1) is 0 Å². The second-order valence-electron chi connectivity index (χ2n) is 5.57. The maximum Gasteiger partial charge on any atom is 0.104 e. The largest absolute Gasteiger partial charge is 0.397 e. The number of rotatable bonds is 2. The summed E-state index contributed by atoms with van der Waals surface area (Å²) in [4.78, 5) is 2.23. The van der Waals surface area contributed by atoms with Gasteiger partial charge in [0.1, 0.15) is 12.1 Å². The Balaban J connectivity index is 2.62. The van der Waals surface area contributed by atoms with Gasteiger partial charge in [0.25, 0.3) is 0 Å². The van der Waals surface area contributed by atoms with Crippen molar-refractivity contribution in [3.05, 3.63) is 22.8 Å². The van der Waals surface area contributed by atoms with Crippen LogP contribution in [-0.2, 0) is 0 Å². The number of benzene rings is 1. The first-order valence-corrected chi connectivity index (χ1v) is 7.11. The van der Waals surface area contributed by atoms with Gasteiger partial charge in [0.15, 0.2) is 0 Å². The number of anilines is 2. The number of nitrogen functional groups attached to an aromatic ring is 1.